The lowest BCUT2D eigenvalue weighted by atomic mass is 10.2. The Labute approximate surface area is 95.6 Å². The maximum absolute atomic E-state index is 13.5. The van der Waals surface area contributed by atoms with Crippen LogP contribution in [0.2, 0.25) is 0 Å². The summed E-state index contributed by atoms with van der Waals surface area (Å²) >= 11 is 0. The molecule has 16 heavy (non-hydrogen) atoms. The molecule has 0 fully saturated rings. The van der Waals surface area contributed by atoms with E-state index in [2.05, 4.69) is 5.32 Å². The molecule has 0 amide bonds. The highest BCUT2D eigenvalue weighted by Crippen LogP contribution is 2.22. The molecular formula is C12H18FNO2. The lowest BCUT2D eigenvalue weighted by molar-refractivity contribution is 0.0474. The summed E-state index contributed by atoms with van der Waals surface area (Å²) in [6.45, 7) is 4.70. The summed E-state index contributed by atoms with van der Waals surface area (Å²) in [5.74, 6) is -0.0994. The number of rotatable bonds is 6. The highest BCUT2D eigenvalue weighted by Gasteiger charge is 2.09. The Morgan fingerprint density at radius 2 is 2.12 bits per heavy atom. The van der Waals surface area contributed by atoms with Gasteiger partial charge < -0.3 is 14.8 Å². The predicted molar refractivity (Wildman–Crippen MR) is 60.9 cm³/mol. The molecule has 0 aliphatic carbocycles. The molecular weight excluding hydrogens is 209 g/mol. The molecule has 0 spiro atoms. The highest BCUT2D eigenvalue weighted by atomic mass is 19.1. The molecule has 0 bridgehead atoms. The predicted octanol–water partition coefficient (Wildman–Crippen LogP) is 2.31. The molecule has 0 atom stereocenters. The minimum absolute atomic E-state index is 0.0512. The summed E-state index contributed by atoms with van der Waals surface area (Å²) < 4.78 is 23.5. The number of hydrogen-bond acceptors (Lipinski definition) is 3. The van der Waals surface area contributed by atoms with Gasteiger partial charge in [-0.3, -0.25) is 0 Å². The van der Waals surface area contributed by atoms with Gasteiger partial charge in [0.25, 0.3) is 0 Å². The Morgan fingerprint density at radius 3 is 2.75 bits per heavy atom. The molecule has 1 aromatic carbocycles. The van der Waals surface area contributed by atoms with Gasteiger partial charge in [-0.15, -0.1) is 0 Å². The molecule has 0 unspecified atom stereocenters. The van der Waals surface area contributed by atoms with Crippen molar-refractivity contribution < 1.29 is 13.9 Å². The Morgan fingerprint density at radius 1 is 1.38 bits per heavy atom. The highest BCUT2D eigenvalue weighted by molar-refractivity contribution is 5.34. The van der Waals surface area contributed by atoms with E-state index in [4.69, 9.17) is 9.47 Å². The van der Waals surface area contributed by atoms with E-state index in [9.17, 15) is 4.39 Å². The van der Waals surface area contributed by atoms with Crippen LogP contribution in [0.1, 0.15) is 19.4 Å². The Hall–Kier alpha value is -1.13. The van der Waals surface area contributed by atoms with Crippen LogP contribution in [0.15, 0.2) is 18.2 Å². The zero-order chi connectivity index (χ0) is 12.0. The van der Waals surface area contributed by atoms with Crippen LogP contribution in [0, 0.1) is 5.82 Å². The molecule has 0 aliphatic rings. The summed E-state index contributed by atoms with van der Waals surface area (Å²) in [6.07, 6.45) is 0. The first-order valence-corrected chi connectivity index (χ1v) is 5.27. The van der Waals surface area contributed by atoms with Gasteiger partial charge in [0, 0.05) is 25.3 Å². The summed E-state index contributed by atoms with van der Waals surface area (Å²) in [4.78, 5) is 0. The zero-order valence-corrected chi connectivity index (χ0v) is 9.92. The van der Waals surface area contributed by atoms with E-state index in [0.717, 1.165) is 5.56 Å². The van der Waals surface area contributed by atoms with Crippen molar-refractivity contribution in [2.75, 3.05) is 13.9 Å². The van der Waals surface area contributed by atoms with E-state index in [1.165, 1.54) is 13.2 Å². The smallest absolute Gasteiger partial charge is 0.188 e. The molecule has 90 valence electrons. The van der Waals surface area contributed by atoms with Gasteiger partial charge in [0.1, 0.15) is 0 Å². The Kier molecular flexibility index (Phi) is 5.22. The normalized spacial score (nSPS) is 10.8. The minimum atomic E-state index is -0.361. The van der Waals surface area contributed by atoms with Crippen LogP contribution in [0.5, 0.6) is 5.75 Å². The molecule has 0 saturated carbocycles. The molecule has 0 aliphatic heterocycles. The Bertz CT molecular complexity index is 329. The maximum Gasteiger partial charge on any atom is 0.188 e. The van der Waals surface area contributed by atoms with Gasteiger partial charge in [0.15, 0.2) is 18.4 Å². The van der Waals surface area contributed by atoms with E-state index in [-0.39, 0.29) is 18.4 Å². The molecule has 4 heteroatoms. The minimum Gasteiger partial charge on any atom is -0.464 e. The maximum atomic E-state index is 13.5. The molecule has 1 rings (SSSR count). The number of benzene rings is 1. The van der Waals surface area contributed by atoms with Crippen molar-refractivity contribution in [3.8, 4) is 5.75 Å². The average molecular weight is 227 g/mol. The van der Waals surface area contributed by atoms with Crippen LogP contribution in [-0.2, 0) is 11.3 Å². The van der Waals surface area contributed by atoms with Crippen LogP contribution in [0.3, 0.4) is 0 Å². The summed E-state index contributed by atoms with van der Waals surface area (Å²) in [5, 5.41) is 3.22. The fourth-order valence-electron chi connectivity index (χ4n) is 1.29. The van der Waals surface area contributed by atoms with E-state index < -0.39 is 0 Å². The fourth-order valence-corrected chi connectivity index (χ4v) is 1.29. The van der Waals surface area contributed by atoms with Crippen molar-refractivity contribution >= 4 is 0 Å². The second-order valence-corrected chi connectivity index (χ2v) is 3.81. The van der Waals surface area contributed by atoms with Gasteiger partial charge in [-0.05, 0) is 6.07 Å². The van der Waals surface area contributed by atoms with Crippen LogP contribution >= 0.6 is 0 Å². The zero-order valence-electron chi connectivity index (χ0n) is 9.92. The first kappa shape index (κ1) is 12.9. The molecule has 3 nitrogen and oxygen atoms in total. The lowest BCUT2D eigenvalue weighted by Gasteiger charge is -2.13. The van der Waals surface area contributed by atoms with Gasteiger partial charge in [0.05, 0.1) is 0 Å². The molecule has 0 saturated heterocycles. The fraction of sp³-hybridized carbons (Fsp3) is 0.500. The second kappa shape index (κ2) is 6.45. The standard InChI is InChI=1S/C12H18FNO2/c1-9(2)14-7-10-5-4-6-11(13)12(10)16-8-15-3/h4-6,9,14H,7-8H2,1-3H3. The topological polar surface area (TPSA) is 30.5 Å². The van der Waals surface area contributed by atoms with Crippen molar-refractivity contribution in [1.29, 1.82) is 0 Å². The number of halogens is 1. The van der Waals surface area contributed by atoms with E-state index in [0.29, 0.717) is 12.6 Å². The van der Waals surface area contributed by atoms with Gasteiger partial charge in [-0.25, -0.2) is 4.39 Å². The van der Waals surface area contributed by atoms with Crippen molar-refractivity contribution in [1.82, 2.24) is 5.32 Å². The van der Waals surface area contributed by atoms with Crippen molar-refractivity contribution in [2.24, 2.45) is 0 Å². The third kappa shape index (κ3) is 3.79. The SMILES string of the molecule is COCOc1c(F)cccc1CNC(C)C. The molecule has 0 heterocycles. The third-order valence-corrected chi connectivity index (χ3v) is 2.07. The van der Waals surface area contributed by atoms with Crippen LogP contribution in [0.4, 0.5) is 4.39 Å². The number of para-hydroxylation sites is 1. The van der Waals surface area contributed by atoms with Crippen molar-refractivity contribution in [3.05, 3.63) is 29.6 Å². The number of ether oxygens (including phenoxy) is 2. The van der Waals surface area contributed by atoms with E-state index in [1.807, 2.05) is 19.9 Å². The Balaban J connectivity index is 2.76. The molecule has 0 radical (unpaired) electrons. The van der Waals surface area contributed by atoms with E-state index >= 15 is 0 Å². The van der Waals surface area contributed by atoms with Crippen LogP contribution in [-0.4, -0.2) is 19.9 Å². The summed E-state index contributed by atoms with van der Waals surface area (Å²) in [7, 11) is 1.51. The number of methoxy groups -OCH3 is 1. The lowest BCUT2D eigenvalue weighted by Crippen LogP contribution is -2.22. The number of nitrogens with one attached hydrogen (secondary N) is 1. The van der Waals surface area contributed by atoms with Crippen molar-refractivity contribution in [2.45, 2.75) is 26.4 Å². The van der Waals surface area contributed by atoms with E-state index in [1.54, 1.807) is 6.07 Å². The van der Waals surface area contributed by atoms with Crippen LogP contribution in [0.25, 0.3) is 0 Å². The first-order valence-electron chi connectivity index (χ1n) is 5.27. The van der Waals surface area contributed by atoms with Crippen molar-refractivity contribution in [3.63, 3.8) is 0 Å². The first-order chi connectivity index (χ1) is 7.65. The summed E-state index contributed by atoms with van der Waals surface area (Å²) in [5.41, 5.74) is 0.797. The molecule has 0 aromatic heterocycles. The molecule has 1 N–H and O–H groups in total. The second-order valence-electron chi connectivity index (χ2n) is 3.81. The largest absolute Gasteiger partial charge is 0.464 e. The van der Waals surface area contributed by atoms with Gasteiger partial charge in [0.2, 0.25) is 0 Å². The monoisotopic (exact) mass is 227 g/mol. The van der Waals surface area contributed by atoms with Gasteiger partial charge in [-0.2, -0.15) is 0 Å². The molecule has 1 aromatic rings. The van der Waals surface area contributed by atoms with Gasteiger partial charge in [-0.1, -0.05) is 26.0 Å². The average Bonchev–Trinajstić information content (AvgIpc) is 2.25. The third-order valence-electron chi connectivity index (χ3n) is 2.07. The number of hydrogen-bond donors (Lipinski definition) is 1. The van der Waals surface area contributed by atoms with Crippen LogP contribution < -0.4 is 10.1 Å². The summed E-state index contributed by atoms with van der Waals surface area (Å²) in [6, 6.07) is 5.23. The quantitative estimate of drug-likeness (QED) is 0.756. The van der Waals surface area contributed by atoms with Gasteiger partial charge >= 0.3 is 0 Å².